The van der Waals surface area contributed by atoms with E-state index in [1.807, 2.05) is 6.07 Å². The molecule has 0 unspecified atom stereocenters. The molecule has 5 nitrogen and oxygen atoms in total. The zero-order chi connectivity index (χ0) is 12.1. The molecule has 92 valence electrons. The third-order valence-electron chi connectivity index (χ3n) is 2.93. The minimum atomic E-state index is -0.815. The topological polar surface area (TPSA) is 72.3 Å². The predicted molar refractivity (Wildman–Crippen MR) is 60.8 cm³/mol. The van der Waals surface area contributed by atoms with Crippen molar-refractivity contribution in [3.8, 4) is 0 Å². The third-order valence-corrected chi connectivity index (χ3v) is 2.93. The molecule has 0 atom stereocenters. The van der Waals surface area contributed by atoms with E-state index in [2.05, 4.69) is 9.97 Å². The summed E-state index contributed by atoms with van der Waals surface area (Å²) in [6, 6.07) is 1.92. The van der Waals surface area contributed by atoms with E-state index < -0.39 is 5.97 Å². The number of carboxylic acid groups (broad SMARTS) is 1. The second-order valence-electron chi connectivity index (χ2n) is 4.18. The highest BCUT2D eigenvalue weighted by atomic mass is 16.5. The van der Waals surface area contributed by atoms with Gasteiger partial charge in [0.1, 0.15) is 5.82 Å². The normalized spacial score (nSPS) is 16.9. The van der Waals surface area contributed by atoms with Gasteiger partial charge in [0.05, 0.1) is 6.42 Å². The second kappa shape index (κ2) is 5.72. The fourth-order valence-electron chi connectivity index (χ4n) is 1.97. The molecule has 2 heterocycles. The average Bonchev–Trinajstić information content (AvgIpc) is 2.38. The van der Waals surface area contributed by atoms with Gasteiger partial charge in [0.25, 0.3) is 0 Å². The van der Waals surface area contributed by atoms with Gasteiger partial charge in [0.15, 0.2) is 0 Å². The number of hydrogen-bond acceptors (Lipinski definition) is 4. The van der Waals surface area contributed by atoms with Gasteiger partial charge in [-0.3, -0.25) is 4.79 Å². The fraction of sp³-hybridized carbons (Fsp3) is 0.583. The van der Waals surface area contributed by atoms with Crippen molar-refractivity contribution in [3.05, 3.63) is 23.8 Å². The van der Waals surface area contributed by atoms with Gasteiger partial charge >= 0.3 is 5.97 Å². The van der Waals surface area contributed by atoms with Gasteiger partial charge in [0, 0.05) is 37.4 Å². The predicted octanol–water partition coefficient (Wildman–Crippen LogP) is 1.39. The van der Waals surface area contributed by atoms with Gasteiger partial charge in [-0.05, 0) is 18.9 Å². The van der Waals surface area contributed by atoms with Crippen LogP contribution >= 0.6 is 0 Å². The van der Waals surface area contributed by atoms with E-state index in [0.717, 1.165) is 31.7 Å². The summed E-state index contributed by atoms with van der Waals surface area (Å²) in [5, 5.41) is 8.62. The maximum Gasteiger partial charge on any atom is 0.303 e. The molecule has 1 N–H and O–H groups in total. The fourth-order valence-corrected chi connectivity index (χ4v) is 1.97. The Morgan fingerprint density at radius 3 is 2.94 bits per heavy atom. The Kier molecular flexibility index (Phi) is 4.03. The molecule has 0 amide bonds. The van der Waals surface area contributed by atoms with Crippen molar-refractivity contribution in [2.75, 3.05) is 13.2 Å². The summed E-state index contributed by atoms with van der Waals surface area (Å²) >= 11 is 0. The van der Waals surface area contributed by atoms with Gasteiger partial charge < -0.3 is 9.84 Å². The van der Waals surface area contributed by atoms with E-state index in [4.69, 9.17) is 9.84 Å². The van der Waals surface area contributed by atoms with Crippen LogP contribution in [0.4, 0.5) is 0 Å². The lowest BCUT2D eigenvalue weighted by Crippen LogP contribution is -2.16. The summed E-state index contributed by atoms with van der Waals surface area (Å²) in [4.78, 5) is 19.0. The molecule has 0 aliphatic carbocycles. The highest BCUT2D eigenvalue weighted by Crippen LogP contribution is 2.24. The largest absolute Gasteiger partial charge is 0.481 e. The number of aromatic nitrogens is 2. The molecule has 1 aliphatic heterocycles. The zero-order valence-electron chi connectivity index (χ0n) is 9.63. The minimum Gasteiger partial charge on any atom is -0.481 e. The SMILES string of the molecule is O=C(O)CCc1nccc(C2CCOCC2)n1. The molecule has 0 spiro atoms. The summed E-state index contributed by atoms with van der Waals surface area (Å²) in [6.07, 6.45) is 4.16. The van der Waals surface area contributed by atoms with Crippen molar-refractivity contribution in [2.24, 2.45) is 0 Å². The van der Waals surface area contributed by atoms with Crippen molar-refractivity contribution in [1.29, 1.82) is 0 Å². The van der Waals surface area contributed by atoms with Crippen molar-refractivity contribution < 1.29 is 14.6 Å². The first-order valence-corrected chi connectivity index (χ1v) is 5.87. The molecule has 1 aromatic heterocycles. The van der Waals surface area contributed by atoms with Crippen LogP contribution in [0.25, 0.3) is 0 Å². The van der Waals surface area contributed by atoms with Crippen LogP contribution in [-0.4, -0.2) is 34.3 Å². The van der Waals surface area contributed by atoms with Crippen LogP contribution in [0.15, 0.2) is 12.3 Å². The number of aliphatic carboxylic acids is 1. The first kappa shape index (κ1) is 12.0. The van der Waals surface area contributed by atoms with Crippen molar-refractivity contribution >= 4 is 5.97 Å². The first-order chi connectivity index (χ1) is 8.25. The van der Waals surface area contributed by atoms with Crippen LogP contribution in [0.5, 0.6) is 0 Å². The van der Waals surface area contributed by atoms with E-state index in [0.29, 0.717) is 18.2 Å². The molecule has 1 aromatic rings. The van der Waals surface area contributed by atoms with Crippen LogP contribution in [0.2, 0.25) is 0 Å². The van der Waals surface area contributed by atoms with Crippen LogP contribution in [0.3, 0.4) is 0 Å². The van der Waals surface area contributed by atoms with E-state index in [9.17, 15) is 4.79 Å². The first-order valence-electron chi connectivity index (χ1n) is 5.87. The van der Waals surface area contributed by atoms with Crippen LogP contribution in [0.1, 0.15) is 36.7 Å². The Morgan fingerprint density at radius 1 is 1.47 bits per heavy atom. The number of ether oxygens (including phenoxy) is 1. The summed E-state index contributed by atoms with van der Waals surface area (Å²) < 4.78 is 5.31. The number of rotatable bonds is 4. The Hall–Kier alpha value is -1.49. The Labute approximate surface area is 99.9 Å². The van der Waals surface area contributed by atoms with Gasteiger partial charge in [-0.1, -0.05) is 0 Å². The Bertz CT molecular complexity index is 389. The molecule has 1 aliphatic rings. The molecular formula is C12H16N2O3. The Morgan fingerprint density at radius 2 is 2.24 bits per heavy atom. The van der Waals surface area contributed by atoms with Gasteiger partial charge in [0.2, 0.25) is 0 Å². The standard InChI is InChI=1S/C12H16N2O3/c15-12(16)2-1-11-13-6-3-10(14-11)9-4-7-17-8-5-9/h3,6,9H,1-2,4-5,7-8H2,(H,15,16). The highest BCUT2D eigenvalue weighted by molar-refractivity contribution is 5.66. The maximum atomic E-state index is 10.5. The minimum absolute atomic E-state index is 0.0806. The van der Waals surface area contributed by atoms with Crippen LogP contribution in [0, 0.1) is 0 Å². The maximum absolute atomic E-state index is 10.5. The molecule has 5 heteroatoms. The summed E-state index contributed by atoms with van der Waals surface area (Å²) in [5.41, 5.74) is 1.02. The molecule has 0 aromatic carbocycles. The zero-order valence-corrected chi connectivity index (χ0v) is 9.63. The van der Waals surface area contributed by atoms with Crippen molar-refractivity contribution in [1.82, 2.24) is 9.97 Å². The van der Waals surface area contributed by atoms with E-state index in [1.54, 1.807) is 6.20 Å². The molecule has 0 radical (unpaired) electrons. The van der Waals surface area contributed by atoms with Gasteiger partial charge in [-0.25, -0.2) is 9.97 Å². The number of nitrogens with zero attached hydrogens (tertiary/aromatic N) is 2. The monoisotopic (exact) mass is 236 g/mol. The van der Waals surface area contributed by atoms with Crippen molar-refractivity contribution in [2.45, 2.75) is 31.6 Å². The molecule has 0 saturated carbocycles. The lowest BCUT2D eigenvalue weighted by Gasteiger charge is -2.21. The molecule has 0 bridgehead atoms. The van der Waals surface area contributed by atoms with Crippen molar-refractivity contribution in [3.63, 3.8) is 0 Å². The molecule has 17 heavy (non-hydrogen) atoms. The molecule has 1 saturated heterocycles. The smallest absolute Gasteiger partial charge is 0.303 e. The quantitative estimate of drug-likeness (QED) is 0.855. The summed E-state index contributed by atoms with van der Waals surface area (Å²) in [6.45, 7) is 1.55. The number of hydrogen-bond donors (Lipinski definition) is 1. The number of carboxylic acids is 1. The lowest BCUT2D eigenvalue weighted by molar-refractivity contribution is -0.137. The van der Waals surface area contributed by atoms with Gasteiger partial charge in [-0.2, -0.15) is 0 Å². The van der Waals surface area contributed by atoms with E-state index in [1.165, 1.54) is 0 Å². The van der Waals surface area contributed by atoms with E-state index in [-0.39, 0.29) is 6.42 Å². The van der Waals surface area contributed by atoms with Gasteiger partial charge in [-0.15, -0.1) is 0 Å². The lowest BCUT2D eigenvalue weighted by atomic mass is 9.96. The second-order valence-corrected chi connectivity index (χ2v) is 4.18. The summed E-state index contributed by atoms with van der Waals surface area (Å²) in [7, 11) is 0. The number of carbonyl (C=O) groups is 1. The van der Waals surface area contributed by atoms with E-state index >= 15 is 0 Å². The summed E-state index contributed by atoms with van der Waals surface area (Å²) in [5.74, 6) is 0.233. The van der Waals surface area contributed by atoms with Crippen LogP contribution < -0.4 is 0 Å². The molecule has 1 fully saturated rings. The van der Waals surface area contributed by atoms with Crippen LogP contribution in [-0.2, 0) is 16.0 Å². The highest BCUT2D eigenvalue weighted by Gasteiger charge is 2.17. The third kappa shape index (κ3) is 3.49. The Balaban J connectivity index is 2.02. The average molecular weight is 236 g/mol. The molecule has 2 rings (SSSR count). The molecular weight excluding hydrogens is 220 g/mol. The number of aryl methyl sites for hydroxylation is 1.